The van der Waals surface area contributed by atoms with E-state index >= 15 is 0 Å². The first-order valence-corrected chi connectivity index (χ1v) is 7.38. The fourth-order valence-electron chi connectivity index (χ4n) is 1.80. The van der Waals surface area contributed by atoms with E-state index in [1.165, 1.54) is 0 Å². The molecular formula is C14H19N3O2S. The molecule has 1 heterocycles. The summed E-state index contributed by atoms with van der Waals surface area (Å²) in [7, 11) is 1.69. The highest BCUT2D eigenvalue weighted by Crippen LogP contribution is 2.17. The zero-order valence-electron chi connectivity index (χ0n) is 11.5. The lowest BCUT2D eigenvalue weighted by atomic mass is 10.1. The molecule has 0 aliphatic carbocycles. The minimum Gasteiger partial charge on any atom is -0.508 e. The summed E-state index contributed by atoms with van der Waals surface area (Å²) in [4.78, 5) is 0. The fraction of sp³-hybridized carbons (Fsp3) is 0.429. The maximum Gasteiger partial charge on any atom is 0.121 e. The van der Waals surface area contributed by atoms with E-state index in [0.717, 1.165) is 41.7 Å². The number of benzene rings is 1. The summed E-state index contributed by atoms with van der Waals surface area (Å²) in [5.41, 5.74) is 1.05. The minimum atomic E-state index is 0.287. The summed E-state index contributed by atoms with van der Waals surface area (Å²) in [6.45, 7) is 2.45. The van der Waals surface area contributed by atoms with Crippen molar-refractivity contribution in [1.82, 2.24) is 15.5 Å². The molecule has 2 rings (SSSR count). The van der Waals surface area contributed by atoms with Gasteiger partial charge in [0.15, 0.2) is 0 Å². The minimum absolute atomic E-state index is 0.287. The quantitative estimate of drug-likeness (QED) is 0.724. The molecule has 20 heavy (non-hydrogen) atoms. The number of phenolic OH excluding ortho intramolecular Hbond substituents is 1. The van der Waals surface area contributed by atoms with Crippen molar-refractivity contribution in [2.75, 3.05) is 26.8 Å². The van der Waals surface area contributed by atoms with E-state index in [1.54, 1.807) is 30.6 Å². The van der Waals surface area contributed by atoms with Gasteiger partial charge in [-0.25, -0.2) is 0 Å². The molecule has 0 bridgehead atoms. The van der Waals surface area contributed by atoms with Crippen molar-refractivity contribution < 1.29 is 9.84 Å². The molecule has 5 nitrogen and oxygen atoms in total. The normalized spacial score (nSPS) is 10.8. The number of hydrogen-bond acceptors (Lipinski definition) is 6. The Labute approximate surface area is 122 Å². The second-order valence-corrected chi connectivity index (χ2v) is 5.58. The number of nitrogens with zero attached hydrogens (tertiary/aromatic N) is 2. The molecule has 108 valence electrons. The van der Waals surface area contributed by atoms with Crippen LogP contribution in [0.25, 0.3) is 0 Å². The van der Waals surface area contributed by atoms with Gasteiger partial charge >= 0.3 is 0 Å². The van der Waals surface area contributed by atoms with Crippen molar-refractivity contribution in [3.63, 3.8) is 0 Å². The second-order valence-electron chi connectivity index (χ2n) is 4.43. The van der Waals surface area contributed by atoms with Gasteiger partial charge in [0.05, 0.1) is 6.61 Å². The van der Waals surface area contributed by atoms with Crippen molar-refractivity contribution in [2.24, 2.45) is 0 Å². The predicted octanol–water partition coefficient (Wildman–Crippen LogP) is 1.61. The van der Waals surface area contributed by atoms with E-state index < -0.39 is 0 Å². The summed E-state index contributed by atoms with van der Waals surface area (Å²) < 4.78 is 4.97. The van der Waals surface area contributed by atoms with E-state index in [0.29, 0.717) is 6.42 Å². The van der Waals surface area contributed by atoms with Gasteiger partial charge in [0.1, 0.15) is 15.8 Å². The highest BCUT2D eigenvalue weighted by atomic mass is 32.1. The van der Waals surface area contributed by atoms with Gasteiger partial charge in [-0.1, -0.05) is 12.1 Å². The van der Waals surface area contributed by atoms with Crippen LogP contribution in [0.4, 0.5) is 0 Å². The molecule has 0 radical (unpaired) electrons. The maximum absolute atomic E-state index is 9.43. The first-order chi connectivity index (χ1) is 9.78. The van der Waals surface area contributed by atoms with Gasteiger partial charge in [-0.3, -0.25) is 0 Å². The standard InChI is InChI=1S/C14H19N3O2S/c1-19-8-7-15-6-5-13-16-17-14(20-13)10-11-3-2-4-12(18)9-11/h2-4,9,15,18H,5-8,10H2,1H3. The number of methoxy groups -OCH3 is 1. The molecule has 0 spiro atoms. The van der Waals surface area contributed by atoms with Crippen molar-refractivity contribution in [1.29, 1.82) is 0 Å². The Balaban J connectivity index is 1.80. The van der Waals surface area contributed by atoms with Crippen LogP contribution in [0.5, 0.6) is 5.75 Å². The lowest BCUT2D eigenvalue weighted by Crippen LogP contribution is -2.21. The van der Waals surface area contributed by atoms with Crippen LogP contribution >= 0.6 is 11.3 Å². The lowest BCUT2D eigenvalue weighted by molar-refractivity contribution is 0.199. The van der Waals surface area contributed by atoms with Gasteiger partial charge in [0, 0.05) is 33.0 Å². The fourth-order valence-corrected chi connectivity index (χ4v) is 2.67. The SMILES string of the molecule is COCCNCCc1nnc(Cc2cccc(O)c2)s1. The molecule has 0 saturated carbocycles. The molecule has 6 heteroatoms. The third-order valence-corrected chi connectivity index (χ3v) is 3.76. The largest absolute Gasteiger partial charge is 0.508 e. The average molecular weight is 293 g/mol. The molecule has 0 fully saturated rings. The zero-order valence-corrected chi connectivity index (χ0v) is 12.3. The number of phenols is 1. The first-order valence-electron chi connectivity index (χ1n) is 6.57. The molecule has 0 aliphatic rings. The summed E-state index contributed by atoms with van der Waals surface area (Å²) in [5.74, 6) is 0.287. The second kappa shape index (κ2) is 7.94. The van der Waals surface area contributed by atoms with Crippen LogP contribution in [0, 0.1) is 0 Å². The topological polar surface area (TPSA) is 67.3 Å². The average Bonchev–Trinajstić information content (AvgIpc) is 2.86. The van der Waals surface area contributed by atoms with Gasteiger partial charge in [0.2, 0.25) is 0 Å². The van der Waals surface area contributed by atoms with Crippen LogP contribution in [0.2, 0.25) is 0 Å². The monoisotopic (exact) mass is 293 g/mol. The molecular weight excluding hydrogens is 274 g/mol. The van der Waals surface area contributed by atoms with Crippen molar-refractivity contribution >= 4 is 11.3 Å². The maximum atomic E-state index is 9.43. The smallest absolute Gasteiger partial charge is 0.121 e. The first kappa shape index (κ1) is 14.9. The zero-order chi connectivity index (χ0) is 14.2. The number of rotatable bonds is 8. The number of nitrogens with one attached hydrogen (secondary N) is 1. The Morgan fingerprint density at radius 2 is 2.10 bits per heavy atom. The Bertz CT molecular complexity index is 531. The summed E-state index contributed by atoms with van der Waals surface area (Å²) in [6, 6.07) is 7.24. The number of hydrogen-bond donors (Lipinski definition) is 2. The van der Waals surface area contributed by atoms with Crippen LogP contribution in [0.15, 0.2) is 24.3 Å². The van der Waals surface area contributed by atoms with Gasteiger partial charge in [-0.05, 0) is 17.7 Å². The highest BCUT2D eigenvalue weighted by molar-refractivity contribution is 7.11. The molecule has 1 aromatic carbocycles. The predicted molar refractivity (Wildman–Crippen MR) is 79.3 cm³/mol. The summed E-state index contributed by atoms with van der Waals surface area (Å²) in [6.07, 6.45) is 1.59. The third kappa shape index (κ3) is 4.88. The van der Waals surface area contributed by atoms with Gasteiger partial charge in [-0.15, -0.1) is 21.5 Å². The van der Waals surface area contributed by atoms with E-state index in [4.69, 9.17) is 4.74 Å². The Morgan fingerprint density at radius 3 is 2.90 bits per heavy atom. The van der Waals surface area contributed by atoms with Crippen LogP contribution in [0.1, 0.15) is 15.6 Å². The van der Waals surface area contributed by atoms with E-state index in [-0.39, 0.29) is 5.75 Å². The van der Waals surface area contributed by atoms with Crippen LogP contribution in [-0.4, -0.2) is 42.1 Å². The number of aromatic hydroxyl groups is 1. The molecule has 0 atom stereocenters. The molecule has 0 amide bonds. The molecule has 2 aromatic rings. The number of aromatic nitrogens is 2. The highest BCUT2D eigenvalue weighted by Gasteiger charge is 2.05. The molecule has 0 unspecified atom stereocenters. The lowest BCUT2D eigenvalue weighted by Gasteiger charge is -2.00. The van der Waals surface area contributed by atoms with Crippen LogP contribution in [-0.2, 0) is 17.6 Å². The van der Waals surface area contributed by atoms with Crippen molar-refractivity contribution in [2.45, 2.75) is 12.8 Å². The van der Waals surface area contributed by atoms with Gasteiger partial charge in [-0.2, -0.15) is 0 Å². The van der Waals surface area contributed by atoms with E-state index in [2.05, 4.69) is 15.5 Å². The van der Waals surface area contributed by atoms with Crippen LogP contribution in [0.3, 0.4) is 0 Å². The van der Waals surface area contributed by atoms with Gasteiger partial charge in [0.25, 0.3) is 0 Å². The third-order valence-electron chi connectivity index (χ3n) is 2.77. The molecule has 2 N–H and O–H groups in total. The van der Waals surface area contributed by atoms with Crippen molar-refractivity contribution in [3.05, 3.63) is 39.8 Å². The summed E-state index contributed by atoms with van der Waals surface area (Å²) >= 11 is 1.62. The molecule has 0 saturated heterocycles. The summed E-state index contributed by atoms with van der Waals surface area (Å²) in [5, 5.41) is 23.1. The Hall–Kier alpha value is -1.50. The van der Waals surface area contributed by atoms with Gasteiger partial charge < -0.3 is 15.2 Å². The van der Waals surface area contributed by atoms with E-state index in [9.17, 15) is 5.11 Å². The van der Waals surface area contributed by atoms with Crippen molar-refractivity contribution in [3.8, 4) is 5.75 Å². The Kier molecular flexibility index (Phi) is 5.91. The van der Waals surface area contributed by atoms with Crippen LogP contribution < -0.4 is 5.32 Å². The van der Waals surface area contributed by atoms with E-state index in [1.807, 2.05) is 12.1 Å². The Morgan fingerprint density at radius 1 is 1.25 bits per heavy atom. The number of ether oxygens (including phenoxy) is 1. The molecule has 0 aliphatic heterocycles. The molecule has 1 aromatic heterocycles.